The molecule has 0 radical (unpaired) electrons. The predicted molar refractivity (Wildman–Crippen MR) is 62.9 cm³/mol. The Morgan fingerprint density at radius 2 is 2.31 bits per heavy atom. The van der Waals surface area contributed by atoms with Crippen molar-refractivity contribution in [3.63, 3.8) is 0 Å². The molecule has 2 unspecified atom stereocenters. The van der Waals surface area contributed by atoms with Gasteiger partial charge in [0, 0.05) is 12.2 Å². The Morgan fingerprint density at radius 3 is 2.94 bits per heavy atom. The van der Waals surface area contributed by atoms with Crippen LogP contribution < -0.4 is 11.1 Å². The molecule has 1 aliphatic carbocycles. The van der Waals surface area contributed by atoms with Crippen molar-refractivity contribution in [1.82, 2.24) is 4.98 Å². The van der Waals surface area contributed by atoms with Crippen molar-refractivity contribution in [2.45, 2.75) is 32.2 Å². The number of hydrogen-bond acceptors (Lipinski definition) is 3. The summed E-state index contributed by atoms with van der Waals surface area (Å²) in [5.41, 5.74) is 7.68. The highest BCUT2D eigenvalue weighted by molar-refractivity contribution is 5.93. The van der Waals surface area contributed by atoms with Crippen LogP contribution in [0.5, 0.6) is 0 Å². The summed E-state index contributed by atoms with van der Waals surface area (Å²) >= 11 is 0. The van der Waals surface area contributed by atoms with E-state index in [0.717, 1.165) is 30.5 Å². The Kier molecular flexibility index (Phi) is 3.19. The van der Waals surface area contributed by atoms with Crippen molar-refractivity contribution >= 4 is 11.6 Å². The van der Waals surface area contributed by atoms with Gasteiger partial charge in [0.15, 0.2) is 0 Å². The first-order valence-electron chi connectivity index (χ1n) is 5.65. The minimum absolute atomic E-state index is 0.0118. The Labute approximate surface area is 95.3 Å². The molecule has 1 heterocycles. The van der Waals surface area contributed by atoms with Gasteiger partial charge in [0.25, 0.3) is 0 Å². The number of anilines is 1. The first-order valence-corrected chi connectivity index (χ1v) is 5.65. The van der Waals surface area contributed by atoms with Crippen LogP contribution in [0.1, 0.15) is 24.8 Å². The molecule has 4 nitrogen and oxygen atoms in total. The summed E-state index contributed by atoms with van der Waals surface area (Å²) in [6.45, 7) is 1.95. The van der Waals surface area contributed by atoms with Crippen LogP contribution in [0.25, 0.3) is 0 Å². The summed E-state index contributed by atoms with van der Waals surface area (Å²) in [6, 6.07) is 1.92. The molecule has 3 N–H and O–H groups in total. The molecule has 2 rings (SSSR count). The lowest BCUT2D eigenvalue weighted by atomic mass is 10.0. The molecular formula is C12H17N3O. The highest BCUT2D eigenvalue weighted by Crippen LogP contribution is 2.25. The average molecular weight is 219 g/mol. The zero-order valence-corrected chi connectivity index (χ0v) is 9.44. The molecule has 1 amide bonds. The van der Waals surface area contributed by atoms with Crippen LogP contribution in [0.4, 0.5) is 5.69 Å². The quantitative estimate of drug-likeness (QED) is 0.791. The van der Waals surface area contributed by atoms with Gasteiger partial charge in [-0.1, -0.05) is 6.42 Å². The summed E-state index contributed by atoms with van der Waals surface area (Å²) < 4.78 is 0. The fourth-order valence-corrected chi connectivity index (χ4v) is 2.17. The monoisotopic (exact) mass is 219 g/mol. The number of carbonyl (C=O) groups excluding carboxylic acids is 1. The zero-order chi connectivity index (χ0) is 11.5. The molecule has 4 heteroatoms. The third-order valence-corrected chi connectivity index (χ3v) is 3.05. The number of nitrogens with zero attached hydrogens (tertiary/aromatic N) is 1. The SMILES string of the molecule is Cc1cncc(NC(=O)C2CCCC2N)c1. The maximum absolute atomic E-state index is 11.9. The lowest BCUT2D eigenvalue weighted by molar-refractivity contribution is -0.120. The van der Waals surface area contributed by atoms with E-state index in [2.05, 4.69) is 10.3 Å². The fourth-order valence-electron chi connectivity index (χ4n) is 2.17. The standard InChI is InChI=1S/C12H17N3O/c1-8-5-9(7-14-6-8)15-12(16)10-3-2-4-11(10)13/h5-7,10-11H,2-4,13H2,1H3,(H,15,16). The molecule has 0 aliphatic heterocycles. The van der Waals surface area contributed by atoms with Gasteiger partial charge in [-0.3, -0.25) is 9.78 Å². The fraction of sp³-hybridized carbons (Fsp3) is 0.500. The zero-order valence-electron chi connectivity index (χ0n) is 9.44. The third-order valence-electron chi connectivity index (χ3n) is 3.05. The molecule has 1 aliphatic rings. The van der Waals surface area contributed by atoms with Gasteiger partial charge < -0.3 is 11.1 Å². The summed E-state index contributed by atoms with van der Waals surface area (Å²) in [4.78, 5) is 16.0. The van der Waals surface area contributed by atoms with E-state index in [9.17, 15) is 4.79 Å². The Balaban J connectivity index is 2.02. The van der Waals surface area contributed by atoms with Crippen LogP contribution in [0.15, 0.2) is 18.5 Å². The number of rotatable bonds is 2. The van der Waals surface area contributed by atoms with Gasteiger partial charge in [-0.15, -0.1) is 0 Å². The van der Waals surface area contributed by atoms with Crippen LogP contribution in [0.3, 0.4) is 0 Å². The highest BCUT2D eigenvalue weighted by Gasteiger charge is 2.30. The van der Waals surface area contributed by atoms with E-state index in [1.807, 2.05) is 13.0 Å². The summed E-state index contributed by atoms with van der Waals surface area (Å²) in [7, 11) is 0. The molecule has 0 spiro atoms. The number of hydrogen-bond donors (Lipinski definition) is 2. The van der Waals surface area contributed by atoms with Gasteiger partial charge >= 0.3 is 0 Å². The number of nitrogens with two attached hydrogens (primary N) is 1. The summed E-state index contributed by atoms with van der Waals surface area (Å²) in [6.07, 6.45) is 6.31. The highest BCUT2D eigenvalue weighted by atomic mass is 16.1. The van der Waals surface area contributed by atoms with Crippen molar-refractivity contribution in [2.24, 2.45) is 11.7 Å². The van der Waals surface area contributed by atoms with E-state index >= 15 is 0 Å². The number of nitrogens with one attached hydrogen (secondary N) is 1. The minimum Gasteiger partial charge on any atom is -0.327 e. The summed E-state index contributed by atoms with van der Waals surface area (Å²) in [5.74, 6) is -0.0158. The van der Waals surface area contributed by atoms with E-state index in [1.54, 1.807) is 12.4 Å². The van der Waals surface area contributed by atoms with Crippen molar-refractivity contribution in [2.75, 3.05) is 5.32 Å². The minimum atomic E-state index is -0.0412. The predicted octanol–water partition coefficient (Wildman–Crippen LogP) is 1.46. The molecular weight excluding hydrogens is 202 g/mol. The first kappa shape index (κ1) is 11.1. The maximum atomic E-state index is 11.9. The van der Waals surface area contributed by atoms with Crippen LogP contribution in [-0.2, 0) is 4.79 Å². The molecule has 0 aromatic carbocycles. The van der Waals surface area contributed by atoms with Crippen LogP contribution in [0.2, 0.25) is 0 Å². The van der Waals surface area contributed by atoms with E-state index < -0.39 is 0 Å². The first-order chi connectivity index (χ1) is 7.66. The second-order valence-electron chi connectivity index (χ2n) is 4.44. The van der Waals surface area contributed by atoms with E-state index in [0.29, 0.717) is 0 Å². The molecule has 86 valence electrons. The van der Waals surface area contributed by atoms with Gasteiger partial charge in [-0.2, -0.15) is 0 Å². The van der Waals surface area contributed by atoms with Crippen LogP contribution in [0, 0.1) is 12.8 Å². The van der Waals surface area contributed by atoms with Crippen LogP contribution in [-0.4, -0.2) is 16.9 Å². The van der Waals surface area contributed by atoms with Gasteiger partial charge in [-0.25, -0.2) is 0 Å². The van der Waals surface area contributed by atoms with Gasteiger partial charge in [0.2, 0.25) is 5.91 Å². The smallest absolute Gasteiger partial charge is 0.229 e. The van der Waals surface area contributed by atoms with E-state index in [1.165, 1.54) is 0 Å². The second-order valence-corrected chi connectivity index (χ2v) is 4.44. The van der Waals surface area contributed by atoms with E-state index in [-0.39, 0.29) is 17.9 Å². The summed E-state index contributed by atoms with van der Waals surface area (Å²) in [5, 5.41) is 2.87. The number of aryl methyl sites for hydroxylation is 1. The molecule has 1 saturated carbocycles. The van der Waals surface area contributed by atoms with Crippen molar-refractivity contribution in [1.29, 1.82) is 0 Å². The molecule has 1 aromatic heterocycles. The molecule has 1 aromatic rings. The number of aromatic nitrogens is 1. The van der Waals surface area contributed by atoms with Gasteiger partial charge in [0.05, 0.1) is 17.8 Å². The Bertz CT molecular complexity index is 392. The molecule has 2 atom stereocenters. The Hall–Kier alpha value is -1.42. The second kappa shape index (κ2) is 4.61. The number of pyridine rings is 1. The van der Waals surface area contributed by atoms with Crippen molar-refractivity contribution in [3.05, 3.63) is 24.0 Å². The Morgan fingerprint density at radius 1 is 1.50 bits per heavy atom. The lowest BCUT2D eigenvalue weighted by Crippen LogP contribution is -2.34. The topological polar surface area (TPSA) is 68.0 Å². The van der Waals surface area contributed by atoms with Gasteiger partial charge in [-0.05, 0) is 31.4 Å². The molecule has 0 bridgehead atoms. The van der Waals surface area contributed by atoms with E-state index in [4.69, 9.17) is 5.73 Å². The van der Waals surface area contributed by atoms with Gasteiger partial charge in [0.1, 0.15) is 0 Å². The van der Waals surface area contributed by atoms with Crippen molar-refractivity contribution in [3.8, 4) is 0 Å². The molecule has 1 fully saturated rings. The van der Waals surface area contributed by atoms with Crippen LogP contribution >= 0.6 is 0 Å². The molecule has 0 saturated heterocycles. The lowest BCUT2D eigenvalue weighted by Gasteiger charge is -2.15. The maximum Gasteiger partial charge on any atom is 0.229 e. The normalized spacial score (nSPS) is 24.4. The number of carbonyl (C=O) groups is 1. The largest absolute Gasteiger partial charge is 0.327 e. The third kappa shape index (κ3) is 2.39. The molecule has 16 heavy (non-hydrogen) atoms. The average Bonchev–Trinajstić information content (AvgIpc) is 2.64. The number of amides is 1. The van der Waals surface area contributed by atoms with Crippen molar-refractivity contribution < 1.29 is 4.79 Å².